The maximum absolute atomic E-state index is 6.16. The third kappa shape index (κ3) is 1.87. The van der Waals surface area contributed by atoms with Crippen LogP contribution >= 0.6 is 11.6 Å². The Balaban J connectivity index is 2.11. The number of pyridine rings is 1. The lowest BCUT2D eigenvalue weighted by Crippen LogP contribution is -2.29. The molecule has 0 saturated carbocycles. The number of halogens is 1. The van der Waals surface area contributed by atoms with Gasteiger partial charge in [0.15, 0.2) is 5.15 Å². The zero-order chi connectivity index (χ0) is 11.8. The van der Waals surface area contributed by atoms with Crippen molar-refractivity contribution >= 4 is 22.8 Å². The number of nitrogens with one attached hydrogen (secondary N) is 1. The number of fused-ring (bicyclic) bond motifs is 1. The number of anilines is 1. The first kappa shape index (κ1) is 10.9. The summed E-state index contributed by atoms with van der Waals surface area (Å²) in [6.07, 6.45) is 4.23. The van der Waals surface area contributed by atoms with Gasteiger partial charge < -0.3 is 11.1 Å². The molecule has 0 aliphatic carbocycles. The van der Waals surface area contributed by atoms with Crippen LogP contribution in [0, 0.1) is 0 Å². The van der Waals surface area contributed by atoms with Crippen LogP contribution in [0.5, 0.6) is 0 Å². The molecule has 0 bridgehead atoms. The van der Waals surface area contributed by atoms with Crippen molar-refractivity contribution in [2.24, 2.45) is 0 Å². The Hall–Kier alpha value is -1.26. The van der Waals surface area contributed by atoms with Crippen molar-refractivity contribution in [2.45, 2.75) is 18.8 Å². The Labute approximate surface area is 105 Å². The number of imidazole rings is 1. The smallest absolute Gasteiger partial charge is 0.155 e. The molecule has 3 heterocycles. The number of piperidine rings is 1. The van der Waals surface area contributed by atoms with Crippen molar-refractivity contribution in [1.29, 1.82) is 0 Å². The molecule has 90 valence electrons. The first-order chi connectivity index (χ1) is 8.25. The molecule has 2 aromatic heterocycles. The van der Waals surface area contributed by atoms with Crippen LogP contribution in [0.4, 0.5) is 5.69 Å². The molecule has 0 aromatic carbocycles. The average Bonchev–Trinajstić information content (AvgIpc) is 2.67. The molecule has 0 radical (unpaired) electrons. The summed E-state index contributed by atoms with van der Waals surface area (Å²) in [5, 5.41) is 3.95. The largest absolute Gasteiger partial charge is 0.398 e. The lowest BCUT2D eigenvalue weighted by atomic mass is 9.99. The summed E-state index contributed by atoms with van der Waals surface area (Å²) in [5.74, 6) is 1.44. The molecule has 0 spiro atoms. The molecule has 1 saturated heterocycles. The Kier molecular flexibility index (Phi) is 2.68. The molecule has 0 amide bonds. The quantitative estimate of drug-likeness (QED) is 0.814. The van der Waals surface area contributed by atoms with Gasteiger partial charge in [0.2, 0.25) is 0 Å². The van der Waals surface area contributed by atoms with Crippen molar-refractivity contribution in [1.82, 2.24) is 14.7 Å². The minimum atomic E-state index is 0.422. The van der Waals surface area contributed by atoms with Gasteiger partial charge in [-0.2, -0.15) is 0 Å². The molecule has 17 heavy (non-hydrogen) atoms. The van der Waals surface area contributed by atoms with Gasteiger partial charge in [-0.25, -0.2) is 4.98 Å². The normalized spacial score (nSPS) is 20.9. The standard InChI is InChI=1S/C12H15ClN4/c13-11-10-4-3-9(14)7-17(10)12(16-11)8-2-1-5-15-6-8/h3-4,7-8,15H,1-2,5-6,14H2. The van der Waals surface area contributed by atoms with E-state index in [1.165, 1.54) is 6.42 Å². The fraction of sp³-hybridized carbons (Fsp3) is 0.417. The summed E-state index contributed by atoms with van der Waals surface area (Å²) in [6.45, 7) is 2.06. The highest BCUT2D eigenvalue weighted by atomic mass is 35.5. The first-order valence-electron chi connectivity index (χ1n) is 5.89. The average molecular weight is 251 g/mol. The van der Waals surface area contributed by atoms with E-state index in [2.05, 4.69) is 10.3 Å². The molecule has 5 heteroatoms. The fourth-order valence-corrected chi connectivity index (χ4v) is 2.69. The minimum Gasteiger partial charge on any atom is -0.398 e. The highest BCUT2D eigenvalue weighted by molar-refractivity contribution is 6.32. The van der Waals surface area contributed by atoms with E-state index in [1.807, 2.05) is 22.7 Å². The van der Waals surface area contributed by atoms with Gasteiger partial charge in [0.05, 0.1) is 5.52 Å². The van der Waals surface area contributed by atoms with Crippen LogP contribution in [0.1, 0.15) is 24.6 Å². The van der Waals surface area contributed by atoms with Crippen LogP contribution in [0.2, 0.25) is 5.15 Å². The zero-order valence-electron chi connectivity index (χ0n) is 9.49. The SMILES string of the molecule is Nc1ccc2c(Cl)nc(C3CCCNC3)n2c1. The molecule has 1 aliphatic heterocycles. The van der Waals surface area contributed by atoms with Crippen LogP contribution in [-0.4, -0.2) is 22.5 Å². The van der Waals surface area contributed by atoms with Gasteiger partial charge in [0.25, 0.3) is 0 Å². The Morgan fingerprint density at radius 2 is 2.35 bits per heavy atom. The second kappa shape index (κ2) is 4.20. The molecule has 2 aromatic rings. The van der Waals surface area contributed by atoms with Crippen LogP contribution in [0.3, 0.4) is 0 Å². The van der Waals surface area contributed by atoms with Crippen LogP contribution in [0.15, 0.2) is 18.3 Å². The number of nitrogens with two attached hydrogens (primary N) is 1. The van der Waals surface area contributed by atoms with Gasteiger partial charge in [-0.1, -0.05) is 11.6 Å². The van der Waals surface area contributed by atoms with E-state index in [4.69, 9.17) is 17.3 Å². The van der Waals surface area contributed by atoms with Gasteiger partial charge in [0.1, 0.15) is 5.82 Å². The van der Waals surface area contributed by atoms with E-state index in [9.17, 15) is 0 Å². The summed E-state index contributed by atoms with van der Waals surface area (Å²) in [5.41, 5.74) is 7.49. The predicted octanol–water partition coefficient (Wildman–Crippen LogP) is 2.04. The lowest BCUT2D eigenvalue weighted by molar-refractivity contribution is 0.445. The van der Waals surface area contributed by atoms with Gasteiger partial charge in [-0.15, -0.1) is 0 Å². The topological polar surface area (TPSA) is 55.3 Å². The van der Waals surface area contributed by atoms with Gasteiger partial charge >= 0.3 is 0 Å². The van der Waals surface area contributed by atoms with Crippen LogP contribution in [-0.2, 0) is 0 Å². The first-order valence-corrected chi connectivity index (χ1v) is 6.27. The third-order valence-corrected chi connectivity index (χ3v) is 3.58. The number of rotatable bonds is 1. The van der Waals surface area contributed by atoms with E-state index < -0.39 is 0 Å². The molecular weight excluding hydrogens is 236 g/mol. The number of hydrogen-bond donors (Lipinski definition) is 2. The predicted molar refractivity (Wildman–Crippen MR) is 69.5 cm³/mol. The number of nitrogens with zero attached hydrogens (tertiary/aromatic N) is 2. The Bertz CT molecular complexity index is 543. The van der Waals surface area contributed by atoms with Crippen molar-refractivity contribution in [3.63, 3.8) is 0 Å². The summed E-state index contributed by atoms with van der Waals surface area (Å²) in [6, 6.07) is 3.77. The van der Waals surface area contributed by atoms with Crippen molar-refractivity contribution in [3.8, 4) is 0 Å². The molecule has 3 N–H and O–H groups in total. The number of aromatic nitrogens is 2. The van der Waals surface area contributed by atoms with Crippen LogP contribution in [0.25, 0.3) is 5.52 Å². The fourth-order valence-electron chi connectivity index (χ4n) is 2.45. The molecule has 3 rings (SSSR count). The van der Waals surface area contributed by atoms with Crippen molar-refractivity contribution in [2.75, 3.05) is 18.8 Å². The van der Waals surface area contributed by atoms with E-state index in [0.29, 0.717) is 11.1 Å². The zero-order valence-corrected chi connectivity index (χ0v) is 10.2. The summed E-state index contributed by atoms with van der Waals surface area (Å²) >= 11 is 6.16. The summed E-state index contributed by atoms with van der Waals surface area (Å²) < 4.78 is 2.02. The molecule has 4 nitrogen and oxygen atoms in total. The molecule has 1 atom stereocenters. The highest BCUT2D eigenvalue weighted by Gasteiger charge is 2.21. The number of nitrogen functional groups attached to an aromatic ring is 1. The Morgan fingerprint density at radius 3 is 3.12 bits per heavy atom. The van der Waals surface area contributed by atoms with Gasteiger partial charge in [-0.3, -0.25) is 4.40 Å². The van der Waals surface area contributed by atoms with Crippen molar-refractivity contribution in [3.05, 3.63) is 29.3 Å². The third-order valence-electron chi connectivity index (χ3n) is 3.30. The second-order valence-corrected chi connectivity index (χ2v) is 4.88. The summed E-state index contributed by atoms with van der Waals surface area (Å²) in [7, 11) is 0. The van der Waals surface area contributed by atoms with Gasteiger partial charge in [-0.05, 0) is 31.5 Å². The van der Waals surface area contributed by atoms with E-state index in [-0.39, 0.29) is 0 Å². The maximum atomic E-state index is 6.16. The lowest BCUT2D eigenvalue weighted by Gasteiger charge is -2.21. The molecule has 1 unspecified atom stereocenters. The number of hydrogen-bond acceptors (Lipinski definition) is 3. The molecule has 1 aliphatic rings. The van der Waals surface area contributed by atoms with Crippen molar-refractivity contribution < 1.29 is 0 Å². The highest BCUT2D eigenvalue weighted by Crippen LogP contribution is 2.28. The molecular formula is C12H15ClN4. The van der Waals surface area contributed by atoms with Crippen LogP contribution < -0.4 is 11.1 Å². The maximum Gasteiger partial charge on any atom is 0.155 e. The second-order valence-electron chi connectivity index (χ2n) is 4.52. The van der Waals surface area contributed by atoms with E-state index in [1.54, 1.807) is 0 Å². The monoisotopic (exact) mass is 250 g/mol. The molecule has 1 fully saturated rings. The van der Waals surface area contributed by atoms with E-state index >= 15 is 0 Å². The Morgan fingerprint density at radius 1 is 1.47 bits per heavy atom. The minimum absolute atomic E-state index is 0.422. The van der Waals surface area contributed by atoms with E-state index in [0.717, 1.165) is 36.5 Å². The summed E-state index contributed by atoms with van der Waals surface area (Å²) in [4.78, 5) is 4.49. The van der Waals surface area contributed by atoms with Gasteiger partial charge in [0, 0.05) is 24.3 Å².